The number of anilines is 1. The third-order valence-electron chi connectivity index (χ3n) is 4.38. The van der Waals surface area contributed by atoms with Crippen molar-refractivity contribution in [1.29, 1.82) is 5.26 Å². The van der Waals surface area contributed by atoms with Gasteiger partial charge in [-0.15, -0.1) is 0 Å². The number of benzene rings is 1. The number of hydrogen-bond donors (Lipinski definition) is 2. The number of nitrogens with two attached hydrogens (primary N) is 1. The number of aromatic nitrogens is 1. The van der Waals surface area contributed by atoms with Crippen LogP contribution in [-0.2, 0) is 10.3 Å². The second kappa shape index (κ2) is 7.05. The Morgan fingerprint density at radius 1 is 1.34 bits per heavy atom. The van der Waals surface area contributed by atoms with Crippen molar-refractivity contribution < 1.29 is 27.1 Å². The van der Waals surface area contributed by atoms with Gasteiger partial charge in [-0.3, -0.25) is 4.79 Å². The number of amidine groups is 1. The monoisotopic (exact) mass is 407 g/mol. The summed E-state index contributed by atoms with van der Waals surface area (Å²) in [5, 5.41) is 11.0. The van der Waals surface area contributed by atoms with Gasteiger partial charge in [-0.25, -0.2) is 18.8 Å². The molecular weight excluding hydrogens is 394 g/mol. The number of pyridine rings is 1. The summed E-state index contributed by atoms with van der Waals surface area (Å²) in [6.45, 7) is -0.292. The fourth-order valence-electron chi connectivity index (χ4n) is 2.70. The van der Waals surface area contributed by atoms with E-state index in [0.29, 0.717) is 6.07 Å². The topological polar surface area (TPSA) is 113 Å². The fourth-order valence-corrected chi connectivity index (χ4v) is 2.70. The highest BCUT2D eigenvalue weighted by atomic mass is 19.3. The van der Waals surface area contributed by atoms with Gasteiger partial charge in [-0.2, -0.15) is 14.0 Å². The molecule has 3 rings (SSSR count). The summed E-state index contributed by atoms with van der Waals surface area (Å²) in [6.07, 6.45) is 1.15. The number of aliphatic imine (C=N–C) groups is 1. The molecule has 11 heteroatoms. The van der Waals surface area contributed by atoms with Crippen molar-refractivity contribution in [2.75, 3.05) is 11.9 Å². The molecule has 0 saturated carbocycles. The Bertz CT molecular complexity index is 1050. The standard InChI is InChI=1S/C18H13F4N5O2/c1-17(18(21,22)8-29-16(24)27-17)11-4-10(5-12(19)14(11)20)26-15(28)13-3-2-9(6-23)7-25-13/h2-5,7H,8H2,1H3,(H2,24,27)(H,26,28). The van der Waals surface area contributed by atoms with Gasteiger partial charge < -0.3 is 15.8 Å². The van der Waals surface area contributed by atoms with Crippen LogP contribution in [0.15, 0.2) is 35.5 Å². The minimum atomic E-state index is -3.71. The highest BCUT2D eigenvalue weighted by Gasteiger charge is 2.56. The fraction of sp³-hybridized carbons (Fsp3) is 0.222. The van der Waals surface area contributed by atoms with E-state index in [9.17, 15) is 22.4 Å². The van der Waals surface area contributed by atoms with E-state index < -0.39 is 47.2 Å². The normalized spacial score (nSPS) is 20.2. The third-order valence-corrected chi connectivity index (χ3v) is 4.38. The van der Waals surface area contributed by atoms with Gasteiger partial charge in [-0.1, -0.05) is 0 Å². The minimum Gasteiger partial charge on any atom is -0.459 e. The Hall–Kier alpha value is -3.68. The maximum atomic E-state index is 14.5. The van der Waals surface area contributed by atoms with Crippen molar-refractivity contribution in [3.05, 3.63) is 58.9 Å². The van der Waals surface area contributed by atoms with Gasteiger partial charge in [0.15, 0.2) is 23.8 Å². The average molecular weight is 407 g/mol. The lowest BCUT2D eigenvalue weighted by Gasteiger charge is -2.37. The van der Waals surface area contributed by atoms with Crippen LogP contribution in [-0.4, -0.2) is 29.4 Å². The second-order valence-electron chi connectivity index (χ2n) is 6.33. The zero-order valence-corrected chi connectivity index (χ0v) is 14.8. The van der Waals surface area contributed by atoms with Gasteiger partial charge in [-0.05, 0) is 25.1 Å². The first-order valence-corrected chi connectivity index (χ1v) is 8.10. The SMILES string of the molecule is CC1(c2cc(NC(=O)c3ccc(C#N)cn3)cc(F)c2F)N=C(N)OCC1(F)F. The van der Waals surface area contributed by atoms with Crippen molar-refractivity contribution in [1.82, 2.24) is 4.98 Å². The maximum Gasteiger partial charge on any atom is 0.310 e. The van der Waals surface area contributed by atoms with Crippen LogP contribution >= 0.6 is 0 Å². The van der Waals surface area contributed by atoms with Crippen LogP contribution in [0, 0.1) is 23.0 Å². The Morgan fingerprint density at radius 2 is 2.07 bits per heavy atom. The van der Waals surface area contributed by atoms with Crippen LogP contribution in [0.1, 0.15) is 28.5 Å². The number of nitrogens with one attached hydrogen (secondary N) is 1. The maximum absolute atomic E-state index is 14.5. The van der Waals surface area contributed by atoms with Crippen molar-refractivity contribution in [2.45, 2.75) is 18.4 Å². The van der Waals surface area contributed by atoms with Crippen molar-refractivity contribution in [3.63, 3.8) is 0 Å². The molecule has 0 radical (unpaired) electrons. The lowest BCUT2D eigenvalue weighted by molar-refractivity contribution is -0.117. The number of halogens is 4. The van der Waals surface area contributed by atoms with Crippen LogP contribution in [0.2, 0.25) is 0 Å². The van der Waals surface area contributed by atoms with E-state index in [-0.39, 0.29) is 16.9 Å². The molecule has 1 unspecified atom stereocenters. The quantitative estimate of drug-likeness (QED) is 0.760. The van der Waals surface area contributed by atoms with Crippen molar-refractivity contribution >= 4 is 17.6 Å². The van der Waals surface area contributed by atoms with E-state index in [0.717, 1.165) is 19.2 Å². The molecular formula is C18H13F4N5O2. The summed E-state index contributed by atoms with van der Waals surface area (Å²) in [5.74, 6) is -7.55. The second-order valence-corrected chi connectivity index (χ2v) is 6.33. The lowest BCUT2D eigenvalue weighted by Crippen LogP contribution is -2.51. The first kappa shape index (κ1) is 20.1. The molecule has 0 spiro atoms. The third kappa shape index (κ3) is 3.56. The van der Waals surface area contributed by atoms with E-state index in [1.54, 1.807) is 0 Å². The summed E-state index contributed by atoms with van der Waals surface area (Å²) in [6, 6.07) is 5.28. The molecule has 3 N–H and O–H groups in total. The Morgan fingerprint density at radius 3 is 2.69 bits per heavy atom. The summed E-state index contributed by atoms with van der Waals surface area (Å²) < 4.78 is 62.0. The highest BCUT2D eigenvalue weighted by molar-refractivity contribution is 6.02. The van der Waals surface area contributed by atoms with Crippen LogP contribution < -0.4 is 11.1 Å². The molecule has 7 nitrogen and oxygen atoms in total. The van der Waals surface area contributed by atoms with Gasteiger partial charge in [0.1, 0.15) is 11.8 Å². The molecule has 1 atom stereocenters. The summed E-state index contributed by atoms with van der Waals surface area (Å²) in [4.78, 5) is 19.5. The highest BCUT2D eigenvalue weighted by Crippen LogP contribution is 2.45. The van der Waals surface area contributed by atoms with Crippen LogP contribution in [0.4, 0.5) is 23.2 Å². The van der Waals surface area contributed by atoms with Crippen molar-refractivity contribution in [2.24, 2.45) is 10.7 Å². The zero-order chi connectivity index (χ0) is 21.4. The molecule has 1 amide bonds. The lowest BCUT2D eigenvalue weighted by atomic mass is 9.85. The zero-order valence-electron chi connectivity index (χ0n) is 14.8. The summed E-state index contributed by atoms with van der Waals surface area (Å²) in [7, 11) is 0. The molecule has 2 aromatic rings. The van der Waals surface area contributed by atoms with Gasteiger partial charge in [0.2, 0.25) is 0 Å². The first-order chi connectivity index (χ1) is 13.6. The summed E-state index contributed by atoms with van der Waals surface area (Å²) in [5.41, 5.74) is 1.77. The van der Waals surface area contributed by atoms with Gasteiger partial charge in [0, 0.05) is 23.5 Å². The number of nitrogens with zero attached hydrogens (tertiary/aromatic N) is 3. The van der Waals surface area contributed by atoms with Gasteiger partial charge >= 0.3 is 5.92 Å². The average Bonchev–Trinajstić information content (AvgIpc) is 2.68. The number of nitriles is 1. The number of rotatable bonds is 3. The van der Waals surface area contributed by atoms with Crippen LogP contribution in [0.25, 0.3) is 0 Å². The minimum absolute atomic E-state index is 0.125. The number of ether oxygens (including phenoxy) is 1. The van der Waals surface area contributed by atoms with Crippen LogP contribution in [0.5, 0.6) is 0 Å². The number of carbonyl (C=O) groups is 1. The Balaban J connectivity index is 2.01. The number of carbonyl (C=O) groups excluding carboxylic acids is 1. The van der Waals surface area contributed by atoms with Crippen molar-refractivity contribution in [3.8, 4) is 6.07 Å². The molecule has 0 saturated heterocycles. The molecule has 1 aromatic heterocycles. The molecule has 0 bridgehead atoms. The Labute approximate surface area is 161 Å². The molecule has 1 aromatic carbocycles. The van der Waals surface area contributed by atoms with E-state index in [4.69, 9.17) is 11.0 Å². The number of amides is 1. The van der Waals surface area contributed by atoms with Crippen LogP contribution in [0.3, 0.4) is 0 Å². The Kier molecular flexibility index (Phi) is 4.88. The smallest absolute Gasteiger partial charge is 0.310 e. The largest absolute Gasteiger partial charge is 0.459 e. The summed E-state index contributed by atoms with van der Waals surface area (Å²) >= 11 is 0. The molecule has 0 fully saturated rings. The van der Waals surface area contributed by atoms with Gasteiger partial charge in [0.25, 0.3) is 11.9 Å². The first-order valence-electron chi connectivity index (χ1n) is 8.10. The number of hydrogen-bond acceptors (Lipinski definition) is 6. The predicted octanol–water partition coefficient (Wildman–Crippen LogP) is 2.68. The van der Waals surface area contributed by atoms with E-state index in [2.05, 4.69) is 20.0 Å². The van der Waals surface area contributed by atoms with Gasteiger partial charge in [0.05, 0.1) is 5.56 Å². The molecule has 150 valence electrons. The van der Waals surface area contributed by atoms with E-state index in [1.807, 2.05) is 6.07 Å². The van der Waals surface area contributed by atoms with E-state index in [1.165, 1.54) is 12.1 Å². The number of alkyl halides is 2. The predicted molar refractivity (Wildman–Crippen MR) is 93.1 cm³/mol. The molecule has 2 heterocycles. The van der Waals surface area contributed by atoms with E-state index >= 15 is 0 Å². The molecule has 1 aliphatic heterocycles. The molecule has 0 aliphatic carbocycles. The molecule has 29 heavy (non-hydrogen) atoms. The molecule has 1 aliphatic rings.